The molecule has 0 bridgehead atoms. The van der Waals surface area contributed by atoms with Gasteiger partial charge in [-0.15, -0.1) is 11.3 Å². The van der Waals surface area contributed by atoms with E-state index in [2.05, 4.69) is 22.0 Å². The number of aromatic nitrogens is 1. The number of carbonyl (C=O) groups is 2. The molecule has 1 aromatic carbocycles. The van der Waals surface area contributed by atoms with E-state index in [-0.39, 0.29) is 17.7 Å². The second-order valence-corrected chi connectivity index (χ2v) is 8.52. The first-order valence-electron chi connectivity index (χ1n) is 9.94. The summed E-state index contributed by atoms with van der Waals surface area (Å²) in [6.45, 7) is 2.25. The van der Waals surface area contributed by atoms with Gasteiger partial charge in [0.1, 0.15) is 10.7 Å². The Bertz CT molecular complexity index is 826. The van der Waals surface area contributed by atoms with Crippen molar-refractivity contribution >= 4 is 23.2 Å². The highest BCUT2D eigenvalue weighted by atomic mass is 32.1. The minimum Gasteiger partial charge on any atom is -0.337 e. The lowest BCUT2D eigenvalue weighted by molar-refractivity contribution is -0.138. The van der Waals surface area contributed by atoms with E-state index < -0.39 is 0 Å². The molecule has 4 rings (SSSR count). The maximum atomic E-state index is 13.2. The SMILES string of the molecule is NCc1nc(C(=O)N2CCC(C(=O)N(Cc3ccccc3)C3CC3)CC2)cs1. The Morgan fingerprint density at radius 1 is 1.14 bits per heavy atom. The van der Waals surface area contributed by atoms with Gasteiger partial charge in [-0.3, -0.25) is 9.59 Å². The van der Waals surface area contributed by atoms with Gasteiger partial charge in [-0.05, 0) is 31.2 Å². The standard InChI is InChI=1S/C21H26N4O2S/c22-12-19-23-18(14-28-19)21(27)24-10-8-16(9-11-24)20(26)25(17-6-7-17)13-15-4-2-1-3-5-15/h1-5,14,16-17H,6-13,22H2. The zero-order valence-electron chi connectivity index (χ0n) is 15.9. The van der Waals surface area contributed by atoms with Crippen LogP contribution in [0, 0.1) is 5.92 Å². The Morgan fingerprint density at radius 3 is 2.46 bits per heavy atom. The molecule has 28 heavy (non-hydrogen) atoms. The average molecular weight is 399 g/mol. The molecule has 2 heterocycles. The fraction of sp³-hybridized carbons (Fsp3) is 0.476. The minimum absolute atomic E-state index is 0.00315. The third-order valence-corrected chi connectivity index (χ3v) is 6.41. The molecule has 0 unspecified atom stereocenters. The Balaban J connectivity index is 1.35. The quantitative estimate of drug-likeness (QED) is 0.811. The normalized spacial score (nSPS) is 17.5. The lowest BCUT2D eigenvalue weighted by Gasteiger charge is -2.34. The average Bonchev–Trinajstić information content (AvgIpc) is 3.48. The lowest BCUT2D eigenvalue weighted by atomic mass is 9.94. The fourth-order valence-corrected chi connectivity index (χ4v) is 4.43. The van der Waals surface area contributed by atoms with Gasteiger partial charge in [0.25, 0.3) is 5.91 Å². The lowest BCUT2D eigenvalue weighted by Crippen LogP contribution is -2.45. The molecule has 0 spiro atoms. The molecule has 1 aliphatic heterocycles. The van der Waals surface area contributed by atoms with Gasteiger partial charge in [0.2, 0.25) is 5.91 Å². The summed E-state index contributed by atoms with van der Waals surface area (Å²) in [6, 6.07) is 10.6. The van der Waals surface area contributed by atoms with Crippen molar-refractivity contribution in [1.82, 2.24) is 14.8 Å². The molecule has 7 heteroatoms. The van der Waals surface area contributed by atoms with Crippen molar-refractivity contribution in [3.8, 4) is 0 Å². The van der Waals surface area contributed by atoms with E-state index in [1.165, 1.54) is 16.9 Å². The first-order chi connectivity index (χ1) is 13.7. The number of hydrogen-bond acceptors (Lipinski definition) is 5. The molecule has 6 nitrogen and oxygen atoms in total. The van der Waals surface area contributed by atoms with Gasteiger partial charge in [-0.2, -0.15) is 0 Å². The molecule has 0 radical (unpaired) electrons. The number of hydrogen-bond donors (Lipinski definition) is 1. The number of benzene rings is 1. The number of carbonyl (C=O) groups excluding carboxylic acids is 2. The molecule has 0 atom stereocenters. The van der Waals surface area contributed by atoms with Crippen LogP contribution in [0.5, 0.6) is 0 Å². The molecule has 2 amide bonds. The molecule has 1 aliphatic carbocycles. The summed E-state index contributed by atoms with van der Waals surface area (Å²) in [4.78, 5) is 34.0. The van der Waals surface area contributed by atoms with Crippen molar-refractivity contribution in [3.63, 3.8) is 0 Å². The van der Waals surface area contributed by atoms with Crippen LogP contribution in [0.3, 0.4) is 0 Å². The maximum Gasteiger partial charge on any atom is 0.273 e. The number of nitrogens with zero attached hydrogens (tertiary/aromatic N) is 3. The van der Waals surface area contributed by atoms with Crippen molar-refractivity contribution in [2.45, 2.75) is 44.8 Å². The van der Waals surface area contributed by atoms with Crippen LogP contribution in [0.1, 0.15) is 46.7 Å². The molecule has 2 fully saturated rings. The van der Waals surface area contributed by atoms with Crippen molar-refractivity contribution in [2.75, 3.05) is 13.1 Å². The zero-order chi connectivity index (χ0) is 19.5. The van der Waals surface area contributed by atoms with Crippen molar-refractivity contribution in [2.24, 2.45) is 11.7 Å². The van der Waals surface area contributed by atoms with Crippen LogP contribution in [0.4, 0.5) is 0 Å². The third-order valence-electron chi connectivity index (χ3n) is 5.54. The predicted molar refractivity (Wildman–Crippen MR) is 109 cm³/mol. The summed E-state index contributed by atoms with van der Waals surface area (Å²) in [5.41, 5.74) is 7.23. The van der Waals surface area contributed by atoms with Crippen LogP contribution in [0.15, 0.2) is 35.7 Å². The van der Waals surface area contributed by atoms with Gasteiger partial charge < -0.3 is 15.5 Å². The molecule has 2 aromatic rings. The molecule has 1 saturated carbocycles. The van der Waals surface area contributed by atoms with Gasteiger partial charge >= 0.3 is 0 Å². The van der Waals surface area contributed by atoms with Crippen LogP contribution >= 0.6 is 11.3 Å². The van der Waals surface area contributed by atoms with E-state index in [4.69, 9.17) is 5.73 Å². The Morgan fingerprint density at radius 2 is 1.86 bits per heavy atom. The van der Waals surface area contributed by atoms with Crippen molar-refractivity contribution < 1.29 is 9.59 Å². The minimum atomic E-state index is -0.0508. The van der Waals surface area contributed by atoms with E-state index in [1.54, 1.807) is 5.38 Å². The Kier molecular flexibility index (Phi) is 5.73. The first-order valence-corrected chi connectivity index (χ1v) is 10.8. The molecule has 2 N–H and O–H groups in total. The number of rotatable bonds is 6. The summed E-state index contributed by atoms with van der Waals surface area (Å²) in [5, 5.41) is 2.55. The molecular weight excluding hydrogens is 372 g/mol. The van der Waals surface area contributed by atoms with Crippen LogP contribution in [-0.4, -0.2) is 45.7 Å². The van der Waals surface area contributed by atoms with E-state index >= 15 is 0 Å². The van der Waals surface area contributed by atoms with Crippen LogP contribution in [0.2, 0.25) is 0 Å². The van der Waals surface area contributed by atoms with E-state index in [9.17, 15) is 9.59 Å². The van der Waals surface area contributed by atoms with Crippen molar-refractivity contribution in [1.29, 1.82) is 0 Å². The van der Waals surface area contributed by atoms with Gasteiger partial charge in [-0.25, -0.2) is 4.98 Å². The Hall–Kier alpha value is -2.25. The summed E-state index contributed by atoms with van der Waals surface area (Å²) >= 11 is 1.42. The summed E-state index contributed by atoms with van der Waals surface area (Å²) < 4.78 is 0. The second kappa shape index (κ2) is 8.41. The number of thiazole rings is 1. The monoisotopic (exact) mass is 398 g/mol. The van der Waals surface area contributed by atoms with Gasteiger partial charge in [0.15, 0.2) is 0 Å². The molecule has 1 aromatic heterocycles. The number of likely N-dealkylation sites (tertiary alicyclic amines) is 1. The fourth-order valence-electron chi connectivity index (χ4n) is 3.78. The topological polar surface area (TPSA) is 79.5 Å². The predicted octanol–water partition coefficient (Wildman–Crippen LogP) is 2.65. The van der Waals surface area contributed by atoms with Gasteiger partial charge in [0, 0.05) is 43.5 Å². The largest absolute Gasteiger partial charge is 0.337 e. The molecule has 2 aliphatic rings. The smallest absolute Gasteiger partial charge is 0.273 e. The van der Waals surface area contributed by atoms with Crippen LogP contribution < -0.4 is 5.73 Å². The van der Waals surface area contributed by atoms with Crippen molar-refractivity contribution in [3.05, 3.63) is 52.0 Å². The highest BCUT2D eigenvalue weighted by Gasteiger charge is 2.37. The zero-order valence-corrected chi connectivity index (χ0v) is 16.7. The summed E-state index contributed by atoms with van der Waals surface area (Å²) in [7, 11) is 0. The molecular formula is C21H26N4O2S. The van der Waals surface area contributed by atoms with Crippen LogP contribution in [-0.2, 0) is 17.9 Å². The third kappa shape index (κ3) is 4.25. The van der Waals surface area contributed by atoms with Gasteiger partial charge in [0.05, 0.1) is 0 Å². The number of piperidine rings is 1. The van der Waals surface area contributed by atoms with E-state index in [0.29, 0.717) is 37.9 Å². The van der Waals surface area contributed by atoms with E-state index in [0.717, 1.165) is 30.7 Å². The summed E-state index contributed by atoms with van der Waals surface area (Å²) in [5.74, 6) is 0.200. The summed E-state index contributed by atoms with van der Waals surface area (Å²) in [6.07, 6.45) is 3.64. The number of nitrogens with two attached hydrogens (primary N) is 1. The molecule has 1 saturated heterocycles. The van der Waals surface area contributed by atoms with Gasteiger partial charge in [-0.1, -0.05) is 30.3 Å². The highest BCUT2D eigenvalue weighted by molar-refractivity contribution is 7.09. The maximum absolute atomic E-state index is 13.2. The van der Waals surface area contributed by atoms with Crippen LogP contribution in [0.25, 0.3) is 0 Å². The second-order valence-electron chi connectivity index (χ2n) is 7.58. The molecule has 148 valence electrons. The number of amides is 2. The Labute approximate surface area is 169 Å². The first kappa shape index (κ1) is 19.1. The highest BCUT2D eigenvalue weighted by Crippen LogP contribution is 2.32. The van der Waals surface area contributed by atoms with E-state index in [1.807, 2.05) is 23.1 Å².